The van der Waals surface area contributed by atoms with Crippen molar-refractivity contribution in [2.24, 2.45) is 0 Å². The van der Waals surface area contributed by atoms with Crippen LogP contribution in [0.3, 0.4) is 0 Å². The topological polar surface area (TPSA) is 110 Å². The maximum atomic E-state index is 13.6. The van der Waals surface area contributed by atoms with Crippen molar-refractivity contribution in [2.45, 2.75) is 51.7 Å². The van der Waals surface area contributed by atoms with Crippen LogP contribution in [0.25, 0.3) is 22.0 Å². The number of rotatable bonds is 5. The number of nitrogens with zero attached hydrogens (tertiary/aromatic N) is 6. The van der Waals surface area contributed by atoms with E-state index in [0.29, 0.717) is 36.9 Å². The normalized spacial score (nSPS) is 16.8. The highest BCUT2D eigenvalue weighted by atomic mass is 16.5. The number of pyridine rings is 1. The van der Waals surface area contributed by atoms with Gasteiger partial charge in [0.1, 0.15) is 0 Å². The first-order valence-electron chi connectivity index (χ1n) is 11.5. The summed E-state index contributed by atoms with van der Waals surface area (Å²) in [6.45, 7) is 6.92. The van der Waals surface area contributed by atoms with Gasteiger partial charge in [0, 0.05) is 49.3 Å². The van der Waals surface area contributed by atoms with Crippen molar-refractivity contribution in [1.29, 1.82) is 0 Å². The monoisotopic (exact) mass is 460 g/mol. The molecule has 3 aromatic heterocycles. The SMILES string of the molecule is Cc1nc(C2CCCN(C(=O)c3ccnc4ccc(-c5cnn(CC(C)(C)O)c5)cc34)C2)no1. The molecule has 1 atom stereocenters. The Hall–Kier alpha value is -3.59. The van der Waals surface area contributed by atoms with E-state index in [1.165, 1.54) is 0 Å². The summed E-state index contributed by atoms with van der Waals surface area (Å²) < 4.78 is 6.87. The molecule has 0 saturated carbocycles. The third kappa shape index (κ3) is 4.56. The molecule has 4 aromatic rings. The fraction of sp³-hybridized carbons (Fsp3) is 0.400. The number of amides is 1. The van der Waals surface area contributed by atoms with Gasteiger partial charge in [-0.05, 0) is 50.5 Å². The van der Waals surface area contributed by atoms with Gasteiger partial charge in [-0.25, -0.2) is 0 Å². The average Bonchev–Trinajstić information content (AvgIpc) is 3.46. The second kappa shape index (κ2) is 8.64. The molecule has 1 aromatic carbocycles. The van der Waals surface area contributed by atoms with Gasteiger partial charge in [0.15, 0.2) is 5.82 Å². The summed E-state index contributed by atoms with van der Waals surface area (Å²) in [6.07, 6.45) is 7.17. The molecule has 9 nitrogen and oxygen atoms in total. The Labute approximate surface area is 197 Å². The molecule has 5 rings (SSSR count). The van der Waals surface area contributed by atoms with Crippen LogP contribution in [-0.4, -0.2) is 59.5 Å². The van der Waals surface area contributed by atoms with Crippen LogP contribution < -0.4 is 0 Å². The molecule has 4 heterocycles. The number of aromatic nitrogens is 5. The lowest BCUT2D eigenvalue weighted by Gasteiger charge is -2.31. The van der Waals surface area contributed by atoms with E-state index in [-0.39, 0.29) is 11.8 Å². The lowest BCUT2D eigenvalue weighted by atomic mass is 9.96. The molecule has 0 radical (unpaired) electrons. The van der Waals surface area contributed by atoms with Crippen LogP contribution in [0, 0.1) is 6.92 Å². The minimum Gasteiger partial charge on any atom is -0.389 e. The van der Waals surface area contributed by atoms with Crippen LogP contribution in [0.4, 0.5) is 0 Å². The van der Waals surface area contributed by atoms with Crippen LogP contribution in [-0.2, 0) is 6.54 Å². The van der Waals surface area contributed by atoms with Crippen molar-refractivity contribution in [3.05, 3.63) is 60.1 Å². The fourth-order valence-electron chi connectivity index (χ4n) is 4.53. The minimum atomic E-state index is -0.858. The molecule has 34 heavy (non-hydrogen) atoms. The molecule has 176 valence electrons. The minimum absolute atomic E-state index is 0.0211. The zero-order valence-electron chi connectivity index (χ0n) is 19.6. The van der Waals surface area contributed by atoms with Gasteiger partial charge in [0.2, 0.25) is 5.89 Å². The van der Waals surface area contributed by atoms with Gasteiger partial charge in [0.05, 0.1) is 29.4 Å². The summed E-state index contributed by atoms with van der Waals surface area (Å²) in [5.74, 6) is 1.25. The Bertz CT molecular complexity index is 1340. The van der Waals surface area contributed by atoms with Crippen molar-refractivity contribution < 1.29 is 14.4 Å². The largest absolute Gasteiger partial charge is 0.389 e. The lowest BCUT2D eigenvalue weighted by Crippen LogP contribution is -2.39. The number of hydrogen-bond donors (Lipinski definition) is 1. The van der Waals surface area contributed by atoms with E-state index in [1.54, 1.807) is 43.9 Å². The van der Waals surface area contributed by atoms with Gasteiger partial charge in [-0.2, -0.15) is 10.1 Å². The second-order valence-electron chi connectivity index (χ2n) is 9.59. The van der Waals surface area contributed by atoms with E-state index in [9.17, 15) is 9.90 Å². The highest BCUT2D eigenvalue weighted by Crippen LogP contribution is 2.29. The smallest absolute Gasteiger partial charge is 0.254 e. The number of likely N-dealkylation sites (tertiary alicyclic amines) is 1. The predicted octanol–water partition coefficient (Wildman–Crippen LogP) is 3.58. The summed E-state index contributed by atoms with van der Waals surface area (Å²) in [7, 11) is 0. The van der Waals surface area contributed by atoms with Crippen molar-refractivity contribution in [3.8, 4) is 11.1 Å². The number of fused-ring (bicyclic) bond motifs is 1. The molecule has 1 amide bonds. The summed E-state index contributed by atoms with van der Waals surface area (Å²) in [6, 6.07) is 7.68. The number of carbonyl (C=O) groups is 1. The number of aliphatic hydroxyl groups is 1. The van der Waals surface area contributed by atoms with E-state index in [2.05, 4.69) is 20.2 Å². The molecule has 1 aliphatic rings. The van der Waals surface area contributed by atoms with Crippen molar-refractivity contribution >= 4 is 16.8 Å². The standard InChI is InChI=1S/C25H28N6O3/c1-16-28-23(29-34-16)18-5-4-10-30(13-18)24(32)20-8-9-26-22-7-6-17(11-21(20)22)19-12-27-31(14-19)15-25(2,3)33/h6-9,11-12,14,18,33H,4-5,10,13,15H2,1-3H3. The van der Waals surface area contributed by atoms with E-state index in [0.717, 1.165) is 34.9 Å². The van der Waals surface area contributed by atoms with Gasteiger partial charge in [-0.3, -0.25) is 14.5 Å². The molecule has 1 aliphatic heterocycles. The number of piperidine rings is 1. The Morgan fingerprint density at radius 3 is 2.88 bits per heavy atom. The average molecular weight is 461 g/mol. The van der Waals surface area contributed by atoms with Gasteiger partial charge < -0.3 is 14.5 Å². The predicted molar refractivity (Wildman–Crippen MR) is 126 cm³/mol. The van der Waals surface area contributed by atoms with Crippen molar-refractivity contribution in [2.75, 3.05) is 13.1 Å². The number of benzene rings is 1. The third-order valence-electron chi connectivity index (χ3n) is 6.10. The van der Waals surface area contributed by atoms with Crippen LogP contribution in [0.15, 0.2) is 47.4 Å². The molecular weight excluding hydrogens is 432 g/mol. The van der Waals surface area contributed by atoms with E-state index >= 15 is 0 Å². The highest BCUT2D eigenvalue weighted by molar-refractivity contribution is 6.07. The zero-order chi connectivity index (χ0) is 23.9. The van der Waals surface area contributed by atoms with E-state index < -0.39 is 5.60 Å². The lowest BCUT2D eigenvalue weighted by molar-refractivity contribution is 0.0577. The van der Waals surface area contributed by atoms with E-state index in [1.807, 2.05) is 29.3 Å². The van der Waals surface area contributed by atoms with Crippen LogP contribution >= 0.6 is 0 Å². The first-order chi connectivity index (χ1) is 16.3. The van der Waals surface area contributed by atoms with Gasteiger partial charge in [-0.15, -0.1) is 0 Å². The van der Waals surface area contributed by atoms with Gasteiger partial charge >= 0.3 is 0 Å². The number of hydrogen-bond acceptors (Lipinski definition) is 7. The molecule has 0 aliphatic carbocycles. The molecular formula is C25H28N6O3. The first kappa shape index (κ1) is 22.2. The number of aryl methyl sites for hydroxylation is 1. The molecule has 1 N–H and O–H groups in total. The maximum Gasteiger partial charge on any atom is 0.254 e. The third-order valence-corrected chi connectivity index (χ3v) is 6.10. The van der Waals surface area contributed by atoms with Crippen LogP contribution in [0.5, 0.6) is 0 Å². The molecule has 9 heteroatoms. The zero-order valence-corrected chi connectivity index (χ0v) is 19.6. The fourth-order valence-corrected chi connectivity index (χ4v) is 4.53. The first-order valence-corrected chi connectivity index (χ1v) is 11.5. The van der Waals surface area contributed by atoms with Gasteiger partial charge in [0.25, 0.3) is 5.91 Å². The molecule has 1 fully saturated rings. The maximum absolute atomic E-state index is 13.6. The molecule has 0 spiro atoms. The molecule has 1 saturated heterocycles. The Morgan fingerprint density at radius 2 is 2.12 bits per heavy atom. The summed E-state index contributed by atoms with van der Waals surface area (Å²) in [5, 5.41) is 19.3. The highest BCUT2D eigenvalue weighted by Gasteiger charge is 2.29. The Morgan fingerprint density at radius 1 is 1.26 bits per heavy atom. The number of carbonyl (C=O) groups excluding carboxylic acids is 1. The second-order valence-corrected chi connectivity index (χ2v) is 9.59. The van der Waals surface area contributed by atoms with Crippen LogP contribution in [0.1, 0.15) is 54.7 Å². The quantitative estimate of drug-likeness (QED) is 0.485. The summed E-state index contributed by atoms with van der Waals surface area (Å²) in [5.41, 5.74) is 2.39. The summed E-state index contributed by atoms with van der Waals surface area (Å²) >= 11 is 0. The molecule has 1 unspecified atom stereocenters. The van der Waals surface area contributed by atoms with Crippen molar-refractivity contribution in [3.63, 3.8) is 0 Å². The van der Waals surface area contributed by atoms with Crippen LogP contribution in [0.2, 0.25) is 0 Å². The Kier molecular flexibility index (Phi) is 5.65. The Balaban J connectivity index is 1.44. The molecule has 0 bridgehead atoms. The summed E-state index contributed by atoms with van der Waals surface area (Å²) in [4.78, 5) is 24.3. The van der Waals surface area contributed by atoms with Gasteiger partial charge in [-0.1, -0.05) is 11.2 Å². The van der Waals surface area contributed by atoms with Crippen molar-refractivity contribution in [1.82, 2.24) is 29.8 Å². The van der Waals surface area contributed by atoms with E-state index in [4.69, 9.17) is 4.52 Å².